The Morgan fingerprint density at radius 3 is 2.75 bits per heavy atom. The van der Waals surface area contributed by atoms with Crippen molar-refractivity contribution in [1.82, 2.24) is 4.90 Å². The monoisotopic (exact) mass is 285 g/mol. The normalized spacial score (nSPS) is 30.2. The fourth-order valence-electron chi connectivity index (χ4n) is 3.32. The number of methoxy groups -OCH3 is 1. The van der Waals surface area contributed by atoms with Crippen LogP contribution < -0.4 is 0 Å². The standard InChI is InChI=1S/C15H27NO4/c1-3-13-12(5-4-10-20-13)14(17)16-8-6-15(18,7-9-16)11-19-2/h12-13,18H,3-11H2,1-2H3/t12-,13+/m1/s1. The van der Waals surface area contributed by atoms with Crippen LogP contribution in [0.1, 0.15) is 39.0 Å². The molecule has 0 radical (unpaired) electrons. The van der Waals surface area contributed by atoms with Crippen molar-refractivity contribution in [2.24, 2.45) is 5.92 Å². The summed E-state index contributed by atoms with van der Waals surface area (Å²) >= 11 is 0. The third-order valence-electron chi connectivity index (χ3n) is 4.58. The number of likely N-dealkylation sites (tertiary alicyclic amines) is 1. The molecule has 0 aromatic heterocycles. The summed E-state index contributed by atoms with van der Waals surface area (Å²) in [4.78, 5) is 14.5. The maximum absolute atomic E-state index is 12.6. The molecule has 0 aromatic carbocycles. The van der Waals surface area contributed by atoms with Gasteiger partial charge in [0.1, 0.15) is 0 Å². The van der Waals surface area contributed by atoms with Crippen molar-refractivity contribution >= 4 is 5.91 Å². The molecule has 116 valence electrons. The van der Waals surface area contributed by atoms with Crippen LogP contribution in [-0.4, -0.2) is 61.0 Å². The van der Waals surface area contributed by atoms with Gasteiger partial charge in [0.2, 0.25) is 5.91 Å². The Morgan fingerprint density at radius 2 is 2.15 bits per heavy atom. The highest BCUT2D eigenvalue weighted by Crippen LogP contribution is 2.28. The van der Waals surface area contributed by atoms with Crippen LogP contribution in [0.2, 0.25) is 0 Å². The minimum atomic E-state index is -0.765. The Balaban J connectivity index is 1.90. The van der Waals surface area contributed by atoms with Gasteiger partial charge in [-0.3, -0.25) is 4.79 Å². The number of nitrogens with zero attached hydrogens (tertiary/aromatic N) is 1. The number of ether oxygens (including phenoxy) is 2. The number of hydrogen-bond donors (Lipinski definition) is 1. The zero-order valence-electron chi connectivity index (χ0n) is 12.6. The van der Waals surface area contributed by atoms with Crippen molar-refractivity contribution in [2.45, 2.75) is 50.7 Å². The topological polar surface area (TPSA) is 59.0 Å². The second-order valence-corrected chi connectivity index (χ2v) is 6.05. The highest BCUT2D eigenvalue weighted by Gasteiger charge is 2.38. The molecule has 2 atom stereocenters. The van der Waals surface area contributed by atoms with Crippen LogP contribution in [0.5, 0.6) is 0 Å². The number of carbonyl (C=O) groups is 1. The van der Waals surface area contributed by atoms with E-state index in [1.807, 2.05) is 4.90 Å². The summed E-state index contributed by atoms with van der Waals surface area (Å²) in [5.74, 6) is 0.207. The Morgan fingerprint density at radius 1 is 1.45 bits per heavy atom. The zero-order chi connectivity index (χ0) is 14.6. The summed E-state index contributed by atoms with van der Waals surface area (Å²) in [6.07, 6.45) is 4.03. The van der Waals surface area contributed by atoms with E-state index in [1.165, 1.54) is 0 Å². The van der Waals surface area contributed by atoms with Crippen molar-refractivity contribution in [3.63, 3.8) is 0 Å². The van der Waals surface area contributed by atoms with E-state index in [0.717, 1.165) is 25.9 Å². The lowest BCUT2D eigenvalue weighted by molar-refractivity contribution is -0.150. The van der Waals surface area contributed by atoms with E-state index < -0.39 is 5.60 Å². The van der Waals surface area contributed by atoms with Crippen LogP contribution in [0, 0.1) is 5.92 Å². The van der Waals surface area contributed by atoms with Crippen LogP contribution in [0.4, 0.5) is 0 Å². The maximum atomic E-state index is 12.6. The van der Waals surface area contributed by atoms with Gasteiger partial charge in [-0.05, 0) is 32.1 Å². The van der Waals surface area contributed by atoms with Crippen LogP contribution in [0.15, 0.2) is 0 Å². The number of piperidine rings is 1. The van der Waals surface area contributed by atoms with Crippen molar-refractivity contribution in [2.75, 3.05) is 33.4 Å². The molecule has 2 rings (SSSR count). The van der Waals surface area contributed by atoms with E-state index in [9.17, 15) is 9.90 Å². The number of amides is 1. The molecule has 1 N–H and O–H groups in total. The fraction of sp³-hybridized carbons (Fsp3) is 0.933. The van der Waals surface area contributed by atoms with E-state index in [0.29, 0.717) is 32.5 Å². The lowest BCUT2D eigenvalue weighted by Crippen LogP contribution is -2.52. The van der Waals surface area contributed by atoms with E-state index in [4.69, 9.17) is 9.47 Å². The molecule has 2 aliphatic heterocycles. The molecule has 0 aliphatic carbocycles. The number of carbonyl (C=O) groups excluding carboxylic acids is 1. The molecule has 0 aromatic rings. The van der Waals surface area contributed by atoms with E-state index in [1.54, 1.807) is 7.11 Å². The first-order valence-electron chi connectivity index (χ1n) is 7.71. The van der Waals surface area contributed by atoms with Crippen molar-refractivity contribution in [3.05, 3.63) is 0 Å². The third-order valence-corrected chi connectivity index (χ3v) is 4.58. The molecule has 1 amide bonds. The molecule has 2 aliphatic rings. The minimum Gasteiger partial charge on any atom is -0.387 e. The smallest absolute Gasteiger partial charge is 0.228 e. The van der Waals surface area contributed by atoms with Crippen molar-refractivity contribution in [3.8, 4) is 0 Å². The summed E-state index contributed by atoms with van der Waals surface area (Å²) in [5, 5.41) is 10.3. The van der Waals surface area contributed by atoms with Gasteiger partial charge in [-0.15, -0.1) is 0 Å². The third kappa shape index (κ3) is 3.51. The van der Waals surface area contributed by atoms with Gasteiger partial charge in [0.15, 0.2) is 0 Å². The van der Waals surface area contributed by atoms with Crippen molar-refractivity contribution < 1.29 is 19.4 Å². The summed E-state index contributed by atoms with van der Waals surface area (Å²) < 4.78 is 10.8. The Kier molecular flexibility index (Phi) is 5.41. The summed E-state index contributed by atoms with van der Waals surface area (Å²) in [7, 11) is 1.60. The maximum Gasteiger partial charge on any atom is 0.228 e. The predicted octanol–water partition coefficient (Wildman–Crippen LogP) is 1.19. The second kappa shape index (κ2) is 6.87. The molecule has 5 nitrogen and oxygen atoms in total. The molecule has 0 saturated carbocycles. The molecule has 0 spiro atoms. The Bertz CT molecular complexity index is 326. The summed E-state index contributed by atoms with van der Waals surface area (Å²) in [5.41, 5.74) is -0.765. The van der Waals surface area contributed by atoms with E-state index in [-0.39, 0.29) is 17.9 Å². The van der Waals surface area contributed by atoms with Crippen LogP contribution in [0.25, 0.3) is 0 Å². The molecule has 2 fully saturated rings. The second-order valence-electron chi connectivity index (χ2n) is 6.05. The van der Waals surface area contributed by atoms with Crippen LogP contribution in [0.3, 0.4) is 0 Å². The lowest BCUT2D eigenvalue weighted by Gasteiger charge is -2.40. The van der Waals surface area contributed by atoms with Crippen molar-refractivity contribution in [1.29, 1.82) is 0 Å². The van der Waals surface area contributed by atoms with Gasteiger partial charge in [-0.25, -0.2) is 0 Å². The Hall–Kier alpha value is -0.650. The summed E-state index contributed by atoms with van der Waals surface area (Å²) in [6, 6.07) is 0. The molecule has 2 saturated heterocycles. The largest absolute Gasteiger partial charge is 0.387 e. The highest BCUT2D eigenvalue weighted by atomic mass is 16.5. The van der Waals surface area contributed by atoms with E-state index in [2.05, 4.69) is 6.92 Å². The zero-order valence-corrected chi connectivity index (χ0v) is 12.6. The first-order valence-corrected chi connectivity index (χ1v) is 7.71. The molecular weight excluding hydrogens is 258 g/mol. The fourth-order valence-corrected chi connectivity index (χ4v) is 3.32. The molecule has 0 unspecified atom stereocenters. The lowest BCUT2D eigenvalue weighted by atomic mass is 9.88. The van der Waals surface area contributed by atoms with Crippen LogP contribution >= 0.6 is 0 Å². The van der Waals surface area contributed by atoms with Gasteiger partial charge in [-0.1, -0.05) is 6.92 Å². The molecular formula is C15H27NO4. The highest BCUT2D eigenvalue weighted by molar-refractivity contribution is 5.79. The molecule has 2 heterocycles. The van der Waals surface area contributed by atoms with Gasteiger partial charge in [0.25, 0.3) is 0 Å². The van der Waals surface area contributed by atoms with Gasteiger partial charge >= 0.3 is 0 Å². The SMILES string of the molecule is CC[C@@H]1OCCC[C@H]1C(=O)N1CCC(O)(COC)CC1. The number of aliphatic hydroxyl groups is 1. The minimum absolute atomic E-state index is 0.00219. The summed E-state index contributed by atoms with van der Waals surface area (Å²) in [6.45, 7) is 4.43. The average Bonchev–Trinajstić information content (AvgIpc) is 2.47. The first kappa shape index (κ1) is 15.7. The first-order chi connectivity index (χ1) is 9.59. The predicted molar refractivity (Wildman–Crippen MR) is 75.4 cm³/mol. The van der Waals surface area contributed by atoms with Gasteiger partial charge in [0.05, 0.1) is 24.2 Å². The van der Waals surface area contributed by atoms with Gasteiger partial charge in [0, 0.05) is 26.8 Å². The van der Waals surface area contributed by atoms with Gasteiger partial charge in [-0.2, -0.15) is 0 Å². The van der Waals surface area contributed by atoms with Gasteiger partial charge < -0.3 is 19.5 Å². The molecule has 20 heavy (non-hydrogen) atoms. The Labute approximate surface area is 121 Å². The molecule has 0 bridgehead atoms. The molecule has 5 heteroatoms. The number of hydrogen-bond acceptors (Lipinski definition) is 4. The van der Waals surface area contributed by atoms with E-state index >= 15 is 0 Å². The average molecular weight is 285 g/mol. The number of rotatable bonds is 4. The quantitative estimate of drug-likeness (QED) is 0.843. The van der Waals surface area contributed by atoms with Crippen LogP contribution in [-0.2, 0) is 14.3 Å².